The summed E-state index contributed by atoms with van der Waals surface area (Å²) in [5.74, 6) is 0. The molecule has 1 saturated heterocycles. The molecule has 0 spiro atoms. The lowest BCUT2D eigenvalue weighted by atomic mass is 10.2. The van der Waals surface area contributed by atoms with E-state index in [9.17, 15) is 9.67 Å². The first-order valence-corrected chi connectivity index (χ1v) is 11.8. The lowest BCUT2D eigenvalue weighted by Gasteiger charge is -2.21. The highest BCUT2D eigenvalue weighted by atomic mass is 31.2. The summed E-state index contributed by atoms with van der Waals surface area (Å²) in [7, 11) is -4.61. The highest BCUT2D eigenvalue weighted by Gasteiger charge is 2.39. The Labute approximate surface area is 199 Å². The quantitative estimate of drug-likeness (QED) is 0.391. The van der Waals surface area contributed by atoms with Crippen molar-refractivity contribution in [2.24, 2.45) is 0 Å². The third kappa shape index (κ3) is 6.82. The molecule has 4 rings (SSSR count). The fourth-order valence-electron chi connectivity index (χ4n) is 3.06. The zero-order chi connectivity index (χ0) is 26.5. The van der Waals surface area contributed by atoms with Gasteiger partial charge >= 0.3 is 7.82 Å². The molecule has 0 aliphatic carbocycles. The fourth-order valence-corrected chi connectivity index (χ4v) is 4.09. The van der Waals surface area contributed by atoms with Crippen molar-refractivity contribution in [2.75, 3.05) is 13.1 Å². The third-order valence-electron chi connectivity index (χ3n) is 4.76. The summed E-state index contributed by atoms with van der Waals surface area (Å²) in [4.78, 5) is 0. The minimum Gasteiger partial charge on any atom is -0.394 e. The Morgan fingerprint density at radius 1 is 0.758 bits per heavy atom. The molecule has 0 saturated carbocycles. The van der Waals surface area contributed by atoms with Crippen LogP contribution in [0.25, 0.3) is 0 Å². The Kier molecular flexibility index (Phi) is 6.73. The number of hydrogen-bond donors (Lipinski definition) is 1. The van der Waals surface area contributed by atoms with Gasteiger partial charge in [0.25, 0.3) is 0 Å². The Balaban J connectivity index is 1.57. The smallest absolute Gasteiger partial charge is 0.394 e. The minimum absolute atomic E-state index is 0.206. The van der Waals surface area contributed by atoms with E-state index in [-0.39, 0.29) is 13.2 Å². The number of phosphoric acid groups is 1. The molecule has 1 N–H and O–H groups in total. The zero-order valence-corrected chi connectivity index (χ0v) is 18.5. The molecule has 1 fully saturated rings. The van der Waals surface area contributed by atoms with Crippen LogP contribution < -0.4 is 0 Å². The van der Waals surface area contributed by atoms with Crippen LogP contribution in [-0.2, 0) is 40.8 Å². The van der Waals surface area contributed by atoms with Crippen molar-refractivity contribution in [1.82, 2.24) is 0 Å². The van der Waals surface area contributed by atoms with E-state index in [0.717, 1.165) is 0 Å². The second kappa shape index (κ2) is 11.7. The lowest BCUT2D eigenvalue weighted by Crippen LogP contribution is -2.30. The number of rotatable bonds is 11. The molecule has 0 aromatic heterocycles. The van der Waals surface area contributed by atoms with Crippen LogP contribution in [0, 0.1) is 0 Å². The summed E-state index contributed by atoms with van der Waals surface area (Å²) in [5.41, 5.74) is 1.76. The largest absolute Gasteiger partial charge is 0.475 e. The lowest BCUT2D eigenvalue weighted by molar-refractivity contribution is -0.0773. The highest BCUT2D eigenvalue weighted by Crippen LogP contribution is 2.51. The molecule has 1 unspecified atom stereocenters. The first-order chi connectivity index (χ1) is 17.6. The van der Waals surface area contributed by atoms with Gasteiger partial charge < -0.3 is 14.6 Å². The molecule has 8 heteroatoms. The van der Waals surface area contributed by atoms with Crippen LogP contribution in [0.4, 0.5) is 0 Å². The Hall–Kier alpha value is -2.35. The van der Waals surface area contributed by atoms with E-state index in [1.807, 2.05) is 0 Å². The maximum absolute atomic E-state index is 13.7. The summed E-state index contributed by atoms with van der Waals surface area (Å²) in [6.45, 7) is -6.39. The highest BCUT2D eigenvalue weighted by molar-refractivity contribution is 7.48. The maximum atomic E-state index is 13.7. The van der Waals surface area contributed by atoms with Crippen molar-refractivity contribution in [3.05, 3.63) is 108 Å². The van der Waals surface area contributed by atoms with Crippen LogP contribution in [0.2, 0.25) is 0 Å². The van der Waals surface area contributed by atoms with E-state index in [4.69, 9.17) is 28.5 Å². The van der Waals surface area contributed by atoms with E-state index in [0.29, 0.717) is 16.7 Å². The molecule has 0 amide bonds. The van der Waals surface area contributed by atoms with E-state index in [1.54, 1.807) is 91.0 Å². The van der Waals surface area contributed by atoms with Crippen molar-refractivity contribution in [3.8, 4) is 0 Å². The Morgan fingerprint density at radius 2 is 1.24 bits per heavy atom. The topological polar surface area (TPSA) is 83.5 Å². The number of ether oxygens (including phenoxy) is 2. The van der Waals surface area contributed by atoms with Gasteiger partial charge in [-0.15, -0.1) is 0 Å². The van der Waals surface area contributed by atoms with Crippen molar-refractivity contribution in [1.29, 1.82) is 0 Å². The number of hydrogen-bond acceptors (Lipinski definition) is 7. The second-order valence-corrected chi connectivity index (χ2v) is 8.75. The predicted molar refractivity (Wildman–Crippen MR) is 122 cm³/mol. The van der Waals surface area contributed by atoms with Gasteiger partial charge in [-0.25, -0.2) is 4.57 Å². The van der Waals surface area contributed by atoms with Gasteiger partial charge in [0, 0.05) is 5.56 Å². The van der Waals surface area contributed by atoms with Crippen LogP contribution in [0.15, 0.2) is 91.0 Å². The normalized spacial score (nSPS) is 23.4. The molecule has 3 aromatic rings. The molecule has 0 bridgehead atoms. The van der Waals surface area contributed by atoms with Gasteiger partial charge in [-0.1, -0.05) is 91.0 Å². The summed E-state index contributed by atoms with van der Waals surface area (Å²) in [6, 6.07) is 26.0. The minimum atomic E-state index is -4.61. The zero-order valence-electron chi connectivity index (χ0n) is 21.7. The first kappa shape index (κ1) is 19.0. The van der Waals surface area contributed by atoms with Gasteiger partial charge in [-0.3, -0.25) is 13.6 Å². The van der Waals surface area contributed by atoms with Gasteiger partial charge in [0.2, 0.25) is 0 Å². The first-order valence-electron chi connectivity index (χ1n) is 12.3. The van der Waals surface area contributed by atoms with Gasteiger partial charge in [0.15, 0.2) is 6.29 Å². The SMILES string of the molecule is [2H]C([2H])(O)[C@H]1OC(c2ccccc2)O[C@@H]1C([2H])([2H])OP(=O)(OCc1ccccc1)OCc1ccccc1. The number of aliphatic hydroxyl groups is 1. The monoisotopic (exact) mass is 474 g/mol. The average molecular weight is 474 g/mol. The standard InChI is InChI=1S/C25H27O7P/c26-16-23-24(32-25(31-23)22-14-8-3-9-15-22)19-30-33(27,28-17-20-10-4-1-5-11-20)29-18-21-12-6-2-7-13-21/h1-15,23-26H,16-19H2/t23-,24-,25?/m1/s1/i16D2,19D2. The predicted octanol–water partition coefficient (Wildman–Crippen LogP) is 5.02. The molecule has 33 heavy (non-hydrogen) atoms. The van der Waals surface area contributed by atoms with E-state index >= 15 is 0 Å². The van der Waals surface area contributed by atoms with Crippen LogP contribution >= 0.6 is 7.82 Å². The maximum Gasteiger partial charge on any atom is 0.475 e. The molecule has 0 radical (unpaired) electrons. The van der Waals surface area contributed by atoms with Crippen molar-refractivity contribution >= 4 is 7.82 Å². The summed E-state index contributed by atoms with van der Waals surface area (Å²) in [5, 5.41) is 10.1. The van der Waals surface area contributed by atoms with Crippen molar-refractivity contribution in [2.45, 2.75) is 31.7 Å². The molecule has 174 valence electrons. The molecule has 3 aromatic carbocycles. The summed E-state index contributed by atoms with van der Waals surface area (Å²) >= 11 is 0. The summed E-state index contributed by atoms with van der Waals surface area (Å²) < 4.78 is 73.8. The van der Waals surface area contributed by atoms with Crippen LogP contribution in [0.3, 0.4) is 0 Å². The van der Waals surface area contributed by atoms with Gasteiger partial charge in [-0.05, 0) is 11.1 Å². The molecule has 1 heterocycles. The van der Waals surface area contributed by atoms with Gasteiger partial charge in [-0.2, -0.15) is 0 Å². The van der Waals surface area contributed by atoms with Crippen LogP contribution in [0.1, 0.15) is 28.5 Å². The molecular weight excluding hydrogens is 443 g/mol. The van der Waals surface area contributed by atoms with E-state index < -0.39 is 39.4 Å². The average Bonchev–Trinajstić information content (AvgIpc) is 3.36. The summed E-state index contributed by atoms with van der Waals surface area (Å²) in [6.07, 6.45) is -4.84. The number of phosphoric ester groups is 1. The molecule has 1 aliphatic rings. The van der Waals surface area contributed by atoms with E-state index in [2.05, 4.69) is 0 Å². The molecular formula is C25H27O7P. The Morgan fingerprint density at radius 3 is 1.76 bits per heavy atom. The van der Waals surface area contributed by atoms with Crippen LogP contribution in [0.5, 0.6) is 0 Å². The van der Waals surface area contributed by atoms with Crippen molar-refractivity contribution in [3.63, 3.8) is 0 Å². The van der Waals surface area contributed by atoms with Crippen LogP contribution in [-0.4, -0.2) is 30.4 Å². The molecule has 1 aliphatic heterocycles. The number of benzene rings is 3. The molecule has 7 nitrogen and oxygen atoms in total. The Bertz CT molecular complexity index is 1130. The van der Waals surface area contributed by atoms with E-state index in [1.165, 1.54) is 0 Å². The molecule has 3 atom stereocenters. The van der Waals surface area contributed by atoms with Gasteiger partial charge in [0.1, 0.15) is 12.2 Å². The van der Waals surface area contributed by atoms with Gasteiger partial charge in [0.05, 0.1) is 31.8 Å². The third-order valence-corrected chi connectivity index (χ3v) is 5.98. The fraction of sp³-hybridized carbons (Fsp3) is 0.280. The van der Waals surface area contributed by atoms with Crippen molar-refractivity contribution < 1.29 is 38.2 Å². The second-order valence-electron chi connectivity index (χ2n) is 7.16.